The Kier molecular flexibility index (Phi) is 6.54. The van der Waals surface area contributed by atoms with Crippen molar-refractivity contribution < 1.29 is 17.6 Å². The molecule has 2 aromatic carbocycles. The first kappa shape index (κ1) is 21.3. The molecule has 1 aromatic heterocycles. The van der Waals surface area contributed by atoms with Crippen molar-refractivity contribution in [1.82, 2.24) is 9.97 Å². The van der Waals surface area contributed by atoms with Gasteiger partial charge in [-0.2, -0.15) is 0 Å². The molecular formula is C21H18BrFN2O3S. The fourth-order valence-electron chi connectivity index (χ4n) is 2.95. The average molecular weight is 477 g/mol. The van der Waals surface area contributed by atoms with Crippen LogP contribution in [0.5, 0.6) is 0 Å². The van der Waals surface area contributed by atoms with Gasteiger partial charge in [-0.1, -0.05) is 24.3 Å². The molecule has 0 N–H and O–H groups in total. The predicted molar refractivity (Wildman–Crippen MR) is 111 cm³/mol. The van der Waals surface area contributed by atoms with E-state index < -0.39 is 15.8 Å². The molecule has 0 aliphatic rings. The van der Waals surface area contributed by atoms with Crippen LogP contribution in [0.25, 0.3) is 0 Å². The Bertz CT molecular complexity index is 1100. The Morgan fingerprint density at radius 2 is 1.69 bits per heavy atom. The van der Waals surface area contributed by atoms with Crippen LogP contribution in [0.1, 0.15) is 22.7 Å². The van der Waals surface area contributed by atoms with Crippen LogP contribution in [0, 0.1) is 5.82 Å². The maximum absolute atomic E-state index is 13.2. The van der Waals surface area contributed by atoms with Gasteiger partial charge in [0.05, 0.1) is 29.4 Å². The Morgan fingerprint density at radius 3 is 2.24 bits per heavy atom. The molecule has 8 heteroatoms. The van der Waals surface area contributed by atoms with Gasteiger partial charge in [0.1, 0.15) is 16.2 Å². The third kappa shape index (κ3) is 5.77. The van der Waals surface area contributed by atoms with E-state index in [-0.39, 0.29) is 22.9 Å². The molecule has 3 rings (SSSR count). The summed E-state index contributed by atoms with van der Waals surface area (Å²) >= 11 is 3.21. The molecule has 0 bridgehead atoms. The van der Waals surface area contributed by atoms with Crippen LogP contribution in [0.2, 0.25) is 0 Å². The largest absolute Gasteiger partial charge is 0.299 e. The lowest BCUT2D eigenvalue weighted by atomic mass is 9.87. The minimum atomic E-state index is -3.33. The van der Waals surface area contributed by atoms with Crippen molar-refractivity contribution in [2.45, 2.75) is 23.7 Å². The normalized spacial score (nSPS) is 12.5. The molecule has 0 fully saturated rings. The number of carbonyl (C=O) groups is 1. The van der Waals surface area contributed by atoms with Crippen molar-refractivity contribution in [2.75, 3.05) is 6.26 Å². The van der Waals surface area contributed by atoms with Gasteiger partial charge in [-0.05, 0) is 57.7 Å². The molecule has 0 aliphatic carbocycles. The van der Waals surface area contributed by atoms with Gasteiger partial charge in [-0.15, -0.1) is 0 Å². The van der Waals surface area contributed by atoms with E-state index in [9.17, 15) is 17.6 Å². The zero-order valence-corrected chi connectivity index (χ0v) is 18.0. The predicted octanol–water partition coefficient (Wildman–Crippen LogP) is 3.92. The molecule has 150 valence electrons. The molecule has 1 heterocycles. The maximum Gasteiger partial charge on any atom is 0.175 e. The summed E-state index contributed by atoms with van der Waals surface area (Å²) in [6.45, 7) is 0. The number of nitrogens with zero attached hydrogens (tertiary/aromatic N) is 2. The number of carbonyl (C=O) groups excluding carboxylic acids is 1. The first-order chi connectivity index (χ1) is 13.7. The summed E-state index contributed by atoms with van der Waals surface area (Å²) in [5.74, 6) is -0.961. The molecule has 0 amide bonds. The van der Waals surface area contributed by atoms with Crippen molar-refractivity contribution in [3.63, 3.8) is 0 Å². The summed E-state index contributed by atoms with van der Waals surface area (Å²) in [5.41, 5.74) is 2.03. The molecule has 0 spiro atoms. The summed E-state index contributed by atoms with van der Waals surface area (Å²) in [6, 6.07) is 12.3. The minimum Gasteiger partial charge on any atom is -0.299 e. The van der Waals surface area contributed by atoms with E-state index >= 15 is 0 Å². The quantitative estimate of drug-likeness (QED) is 0.516. The number of halogens is 2. The summed E-state index contributed by atoms with van der Waals surface area (Å²) in [6.07, 6.45) is 4.64. The number of hydrogen-bond donors (Lipinski definition) is 0. The minimum absolute atomic E-state index is 0.0833. The number of rotatable bonds is 7. The van der Waals surface area contributed by atoms with Gasteiger partial charge in [0.15, 0.2) is 9.84 Å². The van der Waals surface area contributed by atoms with Crippen LogP contribution >= 0.6 is 15.9 Å². The molecule has 1 unspecified atom stereocenters. The molecule has 0 aliphatic heterocycles. The summed E-state index contributed by atoms with van der Waals surface area (Å²) in [4.78, 5) is 21.6. The second-order valence-corrected chi connectivity index (χ2v) is 9.53. The van der Waals surface area contributed by atoms with Gasteiger partial charge < -0.3 is 0 Å². The average Bonchev–Trinajstić information content (AvgIpc) is 2.68. The SMILES string of the molecule is CS(=O)(=O)c1ccc(C(Cc2ccc(F)cc2)C(=O)Cc2cnc(Br)cn2)cc1. The third-order valence-electron chi connectivity index (χ3n) is 4.48. The number of hydrogen-bond acceptors (Lipinski definition) is 5. The van der Waals surface area contributed by atoms with Gasteiger partial charge in [0.2, 0.25) is 0 Å². The van der Waals surface area contributed by atoms with Gasteiger partial charge in [0, 0.05) is 12.2 Å². The molecule has 0 saturated carbocycles. The van der Waals surface area contributed by atoms with Crippen molar-refractivity contribution in [1.29, 1.82) is 0 Å². The van der Waals surface area contributed by atoms with Crippen LogP contribution in [0.15, 0.2) is 70.4 Å². The van der Waals surface area contributed by atoms with Crippen LogP contribution in [-0.2, 0) is 27.5 Å². The van der Waals surface area contributed by atoms with E-state index in [1.807, 2.05) is 0 Å². The highest BCUT2D eigenvalue weighted by atomic mass is 79.9. The van der Waals surface area contributed by atoms with Gasteiger partial charge in [0.25, 0.3) is 0 Å². The van der Waals surface area contributed by atoms with Gasteiger partial charge in [-0.25, -0.2) is 17.8 Å². The maximum atomic E-state index is 13.2. The lowest BCUT2D eigenvalue weighted by molar-refractivity contribution is -0.119. The summed E-state index contributed by atoms with van der Waals surface area (Å²) in [5, 5.41) is 0. The number of Topliss-reactive ketones (excluding diaryl/α,β-unsaturated/α-hetero) is 1. The number of sulfone groups is 1. The topological polar surface area (TPSA) is 77.0 Å². The molecule has 0 radical (unpaired) electrons. The van der Waals surface area contributed by atoms with E-state index in [1.165, 1.54) is 36.7 Å². The Balaban J connectivity index is 1.90. The third-order valence-corrected chi connectivity index (χ3v) is 6.02. The number of ketones is 1. The fraction of sp³-hybridized carbons (Fsp3) is 0.190. The Hall–Kier alpha value is -2.45. The smallest absolute Gasteiger partial charge is 0.175 e. The van der Waals surface area contributed by atoms with Crippen LogP contribution in [0.4, 0.5) is 4.39 Å². The molecular weight excluding hydrogens is 459 g/mol. The fourth-order valence-corrected chi connectivity index (χ4v) is 3.79. The molecule has 3 aromatic rings. The van der Waals surface area contributed by atoms with Crippen LogP contribution in [0.3, 0.4) is 0 Å². The van der Waals surface area contributed by atoms with E-state index in [0.29, 0.717) is 22.3 Å². The first-order valence-electron chi connectivity index (χ1n) is 8.76. The molecule has 29 heavy (non-hydrogen) atoms. The van der Waals surface area contributed by atoms with Gasteiger partial charge in [-0.3, -0.25) is 9.78 Å². The summed E-state index contributed by atoms with van der Waals surface area (Å²) in [7, 11) is -3.33. The molecule has 1 atom stereocenters. The highest BCUT2D eigenvalue weighted by molar-refractivity contribution is 9.10. The lowest BCUT2D eigenvalue weighted by Gasteiger charge is -2.17. The summed E-state index contributed by atoms with van der Waals surface area (Å²) < 4.78 is 37.3. The second-order valence-electron chi connectivity index (χ2n) is 6.70. The second kappa shape index (κ2) is 8.92. The Labute approximate surface area is 177 Å². The van der Waals surface area contributed by atoms with E-state index in [0.717, 1.165) is 11.8 Å². The zero-order valence-electron chi connectivity index (χ0n) is 15.5. The highest BCUT2D eigenvalue weighted by Crippen LogP contribution is 2.25. The standard InChI is InChI=1S/C21H18BrFN2O3S/c1-29(27,28)18-8-4-15(5-9-18)19(10-14-2-6-16(23)7-3-14)20(26)11-17-12-25-21(22)13-24-17/h2-9,12-13,19H,10-11H2,1H3. The van der Waals surface area contributed by atoms with Crippen molar-refractivity contribution in [2.24, 2.45) is 0 Å². The number of aromatic nitrogens is 2. The Morgan fingerprint density at radius 1 is 1.03 bits per heavy atom. The van der Waals surface area contributed by atoms with E-state index in [1.54, 1.807) is 24.3 Å². The molecule has 0 saturated heterocycles. The van der Waals surface area contributed by atoms with Crippen LogP contribution in [-0.4, -0.2) is 30.4 Å². The van der Waals surface area contributed by atoms with Crippen molar-refractivity contribution in [3.05, 3.63) is 88.2 Å². The zero-order chi connectivity index (χ0) is 21.0. The highest BCUT2D eigenvalue weighted by Gasteiger charge is 2.22. The molecule has 5 nitrogen and oxygen atoms in total. The number of benzene rings is 2. The lowest BCUT2D eigenvalue weighted by Crippen LogP contribution is -2.18. The van der Waals surface area contributed by atoms with E-state index in [2.05, 4.69) is 25.9 Å². The van der Waals surface area contributed by atoms with E-state index in [4.69, 9.17) is 0 Å². The first-order valence-corrected chi connectivity index (χ1v) is 11.4. The van der Waals surface area contributed by atoms with Gasteiger partial charge >= 0.3 is 0 Å². The van der Waals surface area contributed by atoms with Crippen molar-refractivity contribution >= 4 is 31.6 Å². The van der Waals surface area contributed by atoms with Crippen molar-refractivity contribution in [3.8, 4) is 0 Å². The van der Waals surface area contributed by atoms with Crippen LogP contribution < -0.4 is 0 Å². The monoisotopic (exact) mass is 476 g/mol.